The molecule has 1 N–H and O–H groups in total. The number of fused-ring (bicyclic) bond motifs is 1. The molecule has 1 heterocycles. The molecule has 3 nitrogen and oxygen atoms in total. The molecule has 1 aromatic heterocycles. The number of benzene rings is 2. The van der Waals surface area contributed by atoms with Crippen LogP contribution in [0.2, 0.25) is 0 Å². The van der Waals surface area contributed by atoms with E-state index in [0.29, 0.717) is 5.13 Å². The third-order valence-corrected chi connectivity index (χ3v) is 4.83. The molecule has 0 radical (unpaired) electrons. The summed E-state index contributed by atoms with van der Waals surface area (Å²) in [7, 11) is 0. The van der Waals surface area contributed by atoms with Crippen LogP contribution in [0.3, 0.4) is 0 Å². The normalized spacial score (nSPS) is 11.2. The number of carbonyl (C=O) groups excluding carboxylic acids is 1. The van der Waals surface area contributed by atoms with E-state index in [2.05, 4.69) is 42.2 Å². The molecule has 0 unspecified atom stereocenters. The van der Waals surface area contributed by atoms with Crippen LogP contribution in [0.4, 0.5) is 5.13 Å². The van der Waals surface area contributed by atoms with E-state index in [1.165, 1.54) is 17.4 Å². The lowest BCUT2D eigenvalue weighted by atomic mass is 10.2. The Balaban J connectivity index is 1.71. The Kier molecular flexibility index (Phi) is 4.71. The van der Waals surface area contributed by atoms with Crippen molar-refractivity contribution < 1.29 is 4.79 Å². The Morgan fingerprint density at radius 1 is 1.09 bits per heavy atom. The van der Waals surface area contributed by atoms with Crippen molar-refractivity contribution in [1.82, 2.24) is 4.98 Å². The highest BCUT2D eigenvalue weighted by atomic mass is 79.9. The largest absolute Gasteiger partial charge is 0.298 e. The molecule has 110 valence electrons. The molecule has 3 aromatic rings. The molecule has 0 bridgehead atoms. The molecule has 0 spiro atoms. The maximum Gasteiger partial charge on any atom is 0.250 e. The zero-order chi connectivity index (χ0) is 15.5. The minimum Gasteiger partial charge on any atom is -0.298 e. The lowest BCUT2D eigenvalue weighted by molar-refractivity contribution is -0.111. The van der Waals surface area contributed by atoms with Crippen molar-refractivity contribution in [3.05, 3.63) is 63.0 Å². The number of amides is 1. The van der Waals surface area contributed by atoms with Crippen molar-refractivity contribution in [1.29, 1.82) is 0 Å². The van der Waals surface area contributed by atoms with Crippen LogP contribution in [0.1, 0.15) is 5.56 Å². The van der Waals surface area contributed by atoms with Crippen molar-refractivity contribution in [2.75, 3.05) is 5.32 Å². The predicted octanol–water partition coefficient (Wildman–Crippen LogP) is 5.47. The fourth-order valence-corrected chi connectivity index (χ4v) is 3.53. The topological polar surface area (TPSA) is 42.0 Å². The van der Waals surface area contributed by atoms with Crippen LogP contribution in [-0.4, -0.2) is 10.9 Å². The second kappa shape index (κ2) is 6.73. The second-order valence-corrected chi connectivity index (χ2v) is 7.37. The zero-order valence-corrected chi connectivity index (χ0v) is 15.2. The highest BCUT2D eigenvalue weighted by Gasteiger charge is 2.06. The van der Waals surface area contributed by atoms with Gasteiger partial charge >= 0.3 is 0 Å². The lowest BCUT2D eigenvalue weighted by Crippen LogP contribution is -2.07. The van der Waals surface area contributed by atoms with E-state index in [1.54, 1.807) is 6.08 Å². The molecule has 0 aliphatic carbocycles. The smallest absolute Gasteiger partial charge is 0.250 e. The quantitative estimate of drug-likeness (QED) is 0.551. The molecule has 0 atom stereocenters. The monoisotopic (exact) mass is 436 g/mol. The number of hydrogen-bond acceptors (Lipinski definition) is 3. The highest BCUT2D eigenvalue weighted by molar-refractivity contribution is 9.10. The summed E-state index contributed by atoms with van der Waals surface area (Å²) in [6.45, 7) is 0. The number of rotatable bonds is 3. The van der Waals surface area contributed by atoms with Crippen LogP contribution in [0.5, 0.6) is 0 Å². The molecular formula is C16H10Br2N2OS. The van der Waals surface area contributed by atoms with E-state index in [4.69, 9.17) is 0 Å². The third kappa shape index (κ3) is 3.82. The van der Waals surface area contributed by atoms with Crippen molar-refractivity contribution in [2.45, 2.75) is 0 Å². The predicted molar refractivity (Wildman–Crippen MR) is 99.1 cm³/mol. The minimum atomic E-state index is -0.193. The highest BCUT2D eigenvalue weighted by Crippen LogP contribution is 2.28. The van der Waals surface area contributed by atoms with Gasteiger partial charge in [-0.05, 0) is 42.0 Å². The number of aromatic nitrogens is 1. The maximum absolute atomic E-state index is 11.9. The lowest BCUT2D eigenvalue weighted by Gasteiger charge is -1.96. The van der Waals surface area contributed by atoms with Crippen LogP contribution in [-0.2, 0) is 4.79 Å². The Labute approximate surface area is 148 Å². The average molecular weight is 438 g/mol. The third-order valence-electron chi connectivity index (χ3n) is 2.88. The van der Waals surface area contributed by atoms with Crippen LogP contribution >= 0.6 is 43.2 Å². The van der Waals surface area contributed by atoms with E-state index < -0.39 is 0 Å². The SMILES string of the molecule is O=C(C=Cc1ccc(Br)cc1)Nc1nc2ccc(Br)cc2s1. The van der Waals surface area contributed by atoms with Gasteiger partial charge in [0, 0.05) is 15.0 Å². The summed E-state index contributed by atoms with van der Waals surface area (Å²) >= 11 is 8.25. The Morgan fingerprint density at radius 3 is 2.59 bits per heavy atom. The van der Waals surface area contributed by atoms with Gasteiger partial charge in [0.15, 0.2) is 5.13 Å². The summed E-state index contributed by atoms with van der Waals surface area (Å²) < 4.78 is 3.04. The zero-order valence-electron chi connectivity index (χ0n) is 11.2. The fourth-order valence-electron chi connectivity index (χ4n) is 1.84. The Bertz CT molecular complexity index is 856. The van der Waals surface area contributed by atoms with Gasteiger partial charge < -0.3 is 0 Å². The molecule has 0 saturated carbocycles. The van der Waals surface area contributed by atoms with E-state index in [1.807, 2.05) is 42.5 Å². The molecule has 0 aliphatic heterocycles. The Hall–Kier alpha value is -1.50. The van der Waals surface area contributed by atoms with Gasteiger partial charge in [-0.2, -0.15) is 0 Å². The number of hydrogen-bond donors (Lipinski definition) is 1. The summed E-state index contributed by atoms with van der Waals surface area (Å²) in [5, 5.41) is 3.39. The molecular weight excluding hydrogens is 428 g/mol. The van der Waals surface area contributed by atoms with E-state index in [9.17, 15) is 4.79 Å². The van der Waals surface area contributed by atoms with Crippen LogP contribution in [0, 0.1) is 0 Å². The first-order chi connectivity index (χ1) is 10.6. The van der Waals surface area contributed by atoms with Gasteiger partial charge in [0.2, 0.25) is 5.91 Å². The summed E-state index contributed by atoms with van der Waals surface area (Å²) in [5.74, 6) is -0.193. The van der Waals surface area contributed by atoms with Crippen LogP contribution in [0.15, 0.2) is 57.5 Å². The second-order valence-electron chi connectivity index (χ2n) is 4.51. The molecule has 22 heavy (non-hydrogen) atoms. The standard InChI is InChI=1S/C16H10Br2N2OS/c17-11-4-1-10(2-5-11)3-8-15(21)20-16-19-13-7-6-12(18)9-14(13)22-16/h1-9H,(H,19,20,21). The van der Waals surface area contributed by atoms with Crippen LogP contribution in [0.25, 0.3) is 16.3 Å². The van der Waals surface area contributed by atoms with Gasteiger partial charge in [0.1, 0.15) is 0 Å². The van der Waals surface area contributed by atoms with E-state index >= 15 is 0 Å². The first-order valence-electron chi connectivity index (χ1n) is 6.41. The summed E-state index contributed by atoms with van der Waals surface area (Å²) in [6.07, 6.45) is 3.27. The van der Waals surface area contributed by atoms with Crippen molar-refractivity contribution in [2.24, 2.45) is 0 Å². The number of carbonyl (C=O) groups is 1. The fraction of sp³-hybridized carbons (Fsp3) is 0. The van der Waals surface area contributed by atoms with Gasteiger partial charge in [-0.1, -0.05) is 55.3 Å². The Morgan fingerprint density at radius 2 is 1.82 bits per heavy atom. The van der Waals surface area contributed by atoms with Crippen molar-refractivity contribution in [3.8, 4) is 0 Å². The van der Waals surface area contributed by atoms with Gasteiger partial charge in [-0.25, -0.2) is 4.98 Å². The number of nitrogens with one attached hydrogen (secondary N) is 1. The average Bonchev–Trinajstić information content (AvgIpc) is 2.88. The van der Waals surface area contributed by atoms with Crippen molar-refractivity contribution >= 4 is 70.5 Å². The number of anilines is 1. The molecule has 1 amide bonds. The molecule has 0 aliphatic rings. The summed E-state index contributed by atoms with van der Waals surface area (Å²) in [6, 6.07) is 13.6. The van der Waals surface area contributed by atoms with Gasteiger partial charge in [0.25, 0.3) is 0 Å². The van der Waals surface area contributed by atoms with Gasteiger partial charge in [-0.3, -0.25) is 10.1 Å². The van der Waals surface area contributed by atoms with E-state index in [0.717, 1.165) is 24.7 Å². The van der Waals surface area contributed by atoms with E-state index in [-0.39, 0.29) is 5.91 Å². The van der Waals surface area contributed by atoms with Crippen molar-refractivity contribution in [3.63, 3.8) is 0 Å². The summed E-state index contributed by atoms with van der Waals surface area (Å²) in [5.41, 5.74) is 1.84. The first kappa shape index (κ1) is 15.4. The molecule has 0 saturated heterocycles. The van der Waals surface area contributed by atoms with Gasteiger partial charge in [-0.15, -0.1) is 0 Å². The molecule has 2 aromatic carbocycles. The molecule has 6 heteroatoms. The maximum atomic E-state index is 11.9. The number of halogens is 2. The minimum absolute atomic E-state index is 0.193. The van der Waals surface area contributed by atoms with Gasteiger partial charge in [0.05, 0.1) is 10.2 Å². The van der Waals surface area contributed by atoms with Crippen LogP contribution < -0.4 is 5.32 Å². The number of thiazole rings is 1. The number of nitrogens with zero attached hydrogens (tertiary/aromatic N) is 1. The molecule has 0 fully saturated rings. The molecule has 3 rings (SSSR count). The first-order valence-corrected chi connectivity index (χ1v) is 8.81. The summed E-state index contributed by atoms with van der Waals surface area (Å²) in [4.78, 5) is 16.3.